The highest BCUT2D eigenvalue weighted by atomic mass is 16.4. The number of aliphatic carboxylic acids is 1. The molecule has 10 heteroatoms. The number of amides is 4. The third kappa shape index (κ3) is 6.91. The third-order valence-electron chi connectivity index (χ3n) is 5.95. The van der Waals surface area contributed by atoms with Gasteiger partial charge in [-0.3, -0.25) is 19.4 Å². The van der Waals surface area contributed by atoms with Crippen LogP contribution in [0.15, 0.2) is 73.1 Å². The zero-order valence-electron chi connectivity index (χ0n) is 20.0. The van der Waals surface area contributed by atoms with Crippen LogP contribution < -0.4 is 20.9 Å². The molecule has 0 fully saturated rings. The smallest absolute Gasteiger partial charge is 0.319 e. The predicted octanol–water partition coefficient (Wildman–Crippen LogP) is 3.01. The van der Waals surface area contributed by atoms with Gasteiger partial charge in [-0.15, -0.1) is 0 Å². The summed E-state index contributed by atoms with van der Waals surface area (Å²) < 4.78 is 0. The molecule has 2 heterocycles. The van der Waals surface area contributed by atoms with Gasteiger partial charge in [-0.05, 0) is 41.3 Å². The van der Waals surface area contributed by atoms with Crippen LogP contribution in [0.3, 0.4) is 0 Å². The fourth-order valence-electron chi connectivity index (χ4n) is 4.16. The number of pyridine rings is 1. The Balaban J connectivity index is 1.36. The molecule has 0 saturated carbocycles. The molecule has 1 atom stereocenters. The summed E-state index contributed by atoms with van der Waals surface area (Å²) in [5.74, 6) is -2.08. The van der Waals surface area contributed by atoms with E-state index in [4.69, 9.17) is 0 Å². The molecule has 0 spiro atoms. The first kappa shape index (κ1) is 25.4. The molecule has 0 radical (unpaired) electrons. The second kappa shape index (κ2) is 11.8. The molecule has 37 heavy (non-hydrogen) atoms. The summed E-state index contributed by atoms with van der Waals surface area (Å²) in [6.45, 7) is 0.783. The lowest BCUT2D eigenvalue weighted by atomic mass is 10.1. The third-order valence-corrected chi connectivity index (χ3v) is 5.95. The minimum Gasteiger partial charge on any atom is -0.481 e. The Morgan fingerprint density at radius 3 is 2.57 bits per heavy atom. The molecular weight excluding hydrogens is 474 g/mol. The van der Waals surface area contributed by atoms with Gasteiger partial charge in [0.15, 0.2) is 0 Å². The van der Waals surface area contributed by atoms with Crippen molar-refractivity contribution in [1.82, 2.24) is 15.6 Å². The Bertz CT molecular complexity index is 1280. The molecule has 4 rings (SSSR count). The molecule has 1 aliphatic rings. The summed E-state index contributed by atoms with van der Waals surface area (Å²) in [6, 6.07) is 17.0. The van der Waals surface area contributed by atoms with E-state index in [2.05, 4.69) is 20.9 Å². The summed E-state index contributed by atoms with van der Waals surface area (Å²) in [4.78, 5) is 54.7. The van der Waals surface area contributed by atoms with E-state index >= 15 is 0 Å². The first-order valence-corrected chi connectivity index (χ1v) is 11.8. The van der Waals surface area contributed by atoms with Gasteiger partial charge in [0.25, 0.3) is 0 Å². The highest BCUT2D eigenvalue weighted by molar-refractivity contribution is 6.06. The molecule has 0 aliphatic carbocycles. The van der Waals surface area contributed by atoms with E-state index in [1.54, 1.807) is 30.5 Å². The summed E-state index contributed by atoms with van der Waals surface area (Å²) in [6.07, 6.45) is 2.88. The molecule has 3 aromatic rings. The summed E-state index contributed by atoms with van der Waals surface area (Å²) in [5, 5.41) is 17.4. The van der Waals surface area contributed by atoms with Crippen molar-refractivity contribution < 1.29 is 24.3 Å². The number of carbonyl (C=O) groups excluding carboxylic acids is 3. The summed E-state index contributed by atoms with van der Waals surface area (Å²) >= 11 is 0. The number of aromatic nitrogens is 1. The van der Waals surface area contributed by atoms with Crippen LogP contribution in [0.25, 0.3) is 0 Å². The van der Waals surface area contributed by atoms with E-state index in [1.165, 1.54) is 11.1 Å². The predicted molar refractivity (Wildman–Crippen MR) is 137 cm³/mol. The van der Waals surface area contributed by atoms with Crippen LogP contribution in [-0.4, -0.2) is 40.5 Å². The lowest BCUT2D eigenvalue weighted by Gasteiger charge is -2.20. The molecule has 10 nitrogen and oxygen atoms in total. The van der Waals surface area contributed by atoms with Crippen molar-refractivity contribution >= 4 is 35.2 Å². The minimum absolute atomic E-state index is 0.334. The van der Waals surface area contributed by atoms with E-state index in [0.29, 0.717) is 36.4 Å². The van der Waals surface area contributed by atoms with Crippen molar-refractivity contribution in [1.29, 1.82) is 0 Å². The maximum atomic E-state index is 13.0. The molecule has 4 amide bonds. The molecule has 4 N–H and O–H groups in total. The quantitative estimate of drug-likeness (QED) is 0.332. The standard InChI is InChI=1S/C27H27N5O5/c33-24(31-22(14-26(35)36)20-7-4-11-28-17-20)15-25(34)32-12-10-19-8-9-21(13-23(19)32)30-27(37)29-16-18-5-2-1-3-6-18/h1-9,11,13,17,22H,10,12,14-16H2,(H,31,33)(H,35,36)(H2,29,30,37). The number of hydrogen-bond donors (Lipinski definition) is 4. The van der Waals surface area contributed by atoms with Crippen molar-refractivity contribution in [2.24, 2.45) is 0 Å². The first-order chi connectivity index (χ1) is 17.9. The number of fused-ring (bicyclic) bond motifs is 1. The Morgan fingerprint density at radius 1 is 1.03 bits per heavy atom. The number of carboxylic acids is 1. The number of nitrogens with zero attached hydrogens (tertiary/aromatic N) is 2. The van der Waals surface area contributed by atoms with E-state index < -0.39 is 30.2 Å². The van der Waals surface area contributed by atoms with E-state index in [0.717, 1.165) is 11.1 Å². The lowest BCUT2D eigenvalue weighted by molar-refractivity contribution is -0.137. The van der Waals surface area contributed by atoms with Crippen LogP contribution in [0.4, 0.5) is 16.2 Å². The second-order valence-corrected chi connectivity index (χ2v) is 8.61. The number of anilines is 2. The van der Waals surface area contributed by atoms with Crippen LogP contribution in [-0.2, 0) is 27.3 Å². The average molecular weight is 502 g/mol. The van der Waals surface area contributed by atoms with E-state index in [1.807, 2.05) is 36.4 Å². The summed E-state index contributed by atoms with van der Waals surface area (Å²) in [5.41, 5.74) is 3.59. The van der Waals surface area contributed by atoms with Crippen molar-refractivity contribution in [3.8, 4) is 0 Å². The van der Waals surface area contributed by atoms with E-state index in [-0.39, 0.29) is 12.5 Å². The highest BCUT2D eigenvalue weighted by Crippen LogP contribution is 2.31. The Labute approximate surface area is 213 Å². The van der Waals surface area contributed by atoms with Gasteiger partial charge in [-0.25, -0.2) is 4.79 Å². The number of nitrogens with one attached hydrogen (secondary N) is 3. The number of urea groups is 1. The molecule has 1 aliphatic heterocycles. The maximum Gasteiger partial charge on any atom is 0.319 e. The molecule has 1 aromatic heterocycles. The van der Waals surface area contributed by atoms with Crippen LogP contribution >= 0.6 is 0 Å². The van der Waals surface area contributed by atoms with Crippen LogP contribution in [0, 0.1) is 0 Å². The van der Waals surface area contributed by atoms with Crippen LogP contribution in [0.1, 0.15) is 35.6 Å². The fourth-order valence-corrected chi connectivity index (χ4v) is 4.16. The average Bonchev–Trinajstić information content (AvgIpc) is 3.31. The Hall–Kier alpha value is -4.73. The van der Waals surface area contributed by atoms with Crippen molar-refractivity contribution in [2.75, 3.05) is 16.8 Å². The fraction of sp³-hybridized carbons (Fsp3) is 0.222. The van der Waals surface area contributed by atoms with Gasteiger partial charge in [0.2, 0.25) is 11.8 Å². The number of benzene rings is 2. The highest BCUT2D eigenvalue weighted by Gasteiger charge is 2.28. The molecule has 0 bridgehead atoms. The van der Waals surface area contributed by atoms with Gasteiger partial charge < -0.3 is 26.0 Å². The molecule has 2 aromatic carbocycles. The second-order valence-electron chi connectivity index (χ2n) is 8.61. The van der Waals surface area contributed by atoms with Gasteiger partial charge in [-0.2, -0.15) is 0 Å². The van der Waals surface area contributed by atoms with E-state index in [9.17, 15) is 24.3 Å². The SMILES string of the molecule is O=C(O)CC(NC(=O)CC(=O)N1CCc2ccc(NC(=O)NCc3ccccc3)cc21)c1cccnc1. The molecular formula is C27H27N5O5. The van der Waals surface area contributed by atoms with Gasteiger partial charge >= 0.3 is 12.0 Å². The van der Waals surface area contributed by atoms with Gasteiger partial charge in [0.05, 0.1) is 12.5 Å². The largest absolute Gasteiger partial charge is 0.481 e. The van der Waals surface area contributed by atoms with Crippen molar-refractivity contribution in [3.63, 3.8) is 0 Å². The van der Waals surface area contributed by atoms with Gasteiger partial charge in [0.1, 0.15) is 6.42 Å². The zero-order chi connectivity index (χ0) is 26.2. The van der Waals surface area contributed by atoms with Gasteiger partial charge in [-0.1, -0.05) is 42.5 Å². The normalized spacial score (nSPS) is 12.8. The van der Waals surface area contributed by atoms with Crippen molar-refractivity contribution in [3.05, 3.63) is 89.7 Å². The number of carboxylic acid groups (broad SMARTS) is 1. The Kier molecular flexibility index (Phi) is 8.09. The topological polar surface area (TPSA) is 141 Å². The molecule has 1 unspecified atom stereocenters. The molecule has 190 valence electrons. The number of rotatable bonds is 9. The van der Waals surface area contributed by atoms with Crippen LogP contribution in [0.5, 0.6) is 0 Å². The monoisotopic (exact) mass is 501 g/mol. The van der Waals surface area contributed by atoms with Crippen LogP contribution in [0.2, 0.25) is 0 Å². The molecule has 0 saturated heterocycles. The number of carbonyl (C=O) groups is 4. The first-order valence-electron chi connectivity index (χ1n) is 11.8. The number of hydrogen-bond acceptors (Lipinski definition) is 5. The zero-order valence-corrected chi connectivity index (χ0v) is 20.0. The summed E-state index contributed by atoms with van der Waals surface area (Å²) in [7, 11) is 0. The maximum absolute atomic E-state index is 13.0. The van der Waals surface area contributed by atoms with Crippen molar-refractivity contribution in [2.45, 2.75) is 31.8 Å². The minimum atomic E-state index is -1.08. The Morgan fingerprint density at radius 2 is 1.84 bits per heavy atom. The lowest BCUT2D eigenvalue weighted by Crippen LogP contribution is -2.37. The van der Waals surface area contributed by atoms with Gasteiger partial charge in [0, 0.05) is 36.9 Å².